The van der Waals surface area contributed by atoms with Crippen molar-refractivity contribution in [3.63, 3.8) is 0 Å². The van der Waals surface area contributed by atoms with E-state index in [1.54, 1.807) is 19.1 Å². The number of hydrogen-bond acceptors (Lipinski definition) is 9. The Morgan fingerprint density at radius 3 is 2.77 bits per heavy atom. The number of fused-ring (bicyclic) bond motifs is 2. The molecular formula is C20H22N2O8. The minimum atomic E-state index is -2.05. The van der Waals surface area contributed by atoms with Crippen molar-refractivity contribution < 1.29 is 34.0 Å². The van der Waals surface area contributed by atoms with Gasteiger partial charge in [0.25, 0.3) is 5.91 Å². The van der Waals surface area contributed by atoms with Gasteiger partial charge >= 0.3 is 5.63 Å². The largest absolute Gasteiger partial charge is 0.493 e. The van der Waals surface area contributed by atoms with Crippen molar-refractivity contribution in [2.24, 2.45) is 5.73 Å². The second-order valence-corrected chi connectivity index (χ2v) is 7.65. The molecule has 1 unspecified atom stereocenters. The molecule has 2 heterocycles. The van der Waals surface area contributed by atoms with Crippen LogP contribution in [0.4, 0.5) is 5.69 Å². The first-order valence-electron chi connectivity index (χ1n) is 9.25. The van der Waals surface area contributed by atoms with E-state index in [9.17, 15) is 24.9 Å². The Bertz CT molecular complexity index is 1110. The van der Waals surface area contributed by atoms with E-state index < -0.39 is 47.6 Å². The third-order valence-electron chi connectivity index (χ3n) is 5.59. The van der Waals surface area contributed by atoms with Crippen LogP contribution in [0.1, 0.15) is 12.0 Å². The number of ether oxygens (including phenoxy) is 2. The summed E-state index contributed by atoms with van der Waals surface area (Å²) in [6.45, 7) is 1.80. The topological polar surface area (TPSA) is 164 Å². The lowest BCUT2D eigenvalue weighted by Crippen LogP contribution is -2.57. The molecule has 5 atom stereocenters. The molecule has 160 valence electrons. The van der Waals surface area contributed by atoms with Gasteiger partial charge in [0, 0.05) is 11.8 Å². The summed E-state index contributed by atoms with van der Waals surface area (Å²) in [6, 6.07) is 4.89. The molecule has 2 aliphatic rings. The fourth-order valence-corrected chi connectivity index (χ4v) is 3.95. The number of nitrogens with one attached hydrogen (secondary N) is 1. The standard InChI is InChI=1S/C20H22N2O8/c1-9-3-4-10-7-11(17(25)29-15(10)14(9)28-2)22-18(26)20(21)8-19(27)13(30-20)6-5-12(23)16(19)24/h3-7,12-13,16,23-24,27H,8,21H2,1-2H3,(H,22,26)/t12-,13-,16+,19+,20?/m1/s1. The molecule has 1 saturated heterocycles. The van der Waals surface area contributed by atoms with E-state index in [4.69, 9.17) is 19.6 Å². The van der Waals surface area contributed by atoms with Gasteiger partial charge < -0.3 is 34.5 Å². The second kappa shape index (κ2) is 6.89. The highest BCUT2D eigenvalue weighted by atomic mass is 16.6. The summed E-state index contributed by atoms with van der Waals surface area (Å²) in [7, 11) is 1.46. The molecule has 1 aliphatic heterocycles. The van der Waals surface area contributed by atoms with Gasteiger partial charge in [-0.2, -0.15) is 0 Å². The summed E-state index contributed by atoms with van der Waals surface area (Å²) < 4.78 is 16.1. The van der Waals surface area contributed by atoms with Crippen molar-refractivity contribution in [3.8, 4) is 5.75 Å². The van der Waals surface area contributed by atoms with Crippen molar-refractivity contribution in [1.29, 1.82) is 0 Å². The van der Waals surface area contributed by atoms with Crippen molar-refractivity contribution in [3.05, 3.63) is 46.3 Å². The maximum atomic E-state index is 12.8. The zero-order valence-electron chi connectivity index (χ0n) is 16.3. The van der Waals surface area contributed by atoms with E-state index in [1.807, 2.05) is 0 Å². The van der Waals surface area contributed by atoms with Crippen LogP contribution in [0, 0.1) is 6.92 Å². The average Bonchev–Trinajstić information content (AvgIpc) is 2.98. The number of amides is 1. The highest BCUT2D eigenvalue weighted by Crippen LogP contribution is 2.42. The fraction of sp³-hybridized carbons (Fsp3) is 0.400. The van der Waals surface area contributed by atoms with Crippen LogP contribution in [0.25, 0.3) is 11.0 Å². The molecule has 10 nitrogen and oxygen atoms in total. The first kappa shape index (κ1) is 20.5. The fourth-order valence-electron chi connectivity index (χ4n) is 3.95. The number of aliphatic hydroxyl groups is 3. The number of carbonyl (C=O) groups excluding carboxylic acids is 1. The molecule has 1 fully saturated rings. The van der Waals surface area contributed by atoms with Gasteiger partial charge in [-0.05, 0) is 18.6 Å². The maximum absolute atomic E-state index is 12.8. The molecule has 1 aromatic heterocycles. The molecule has 0 radical (unpaired) electrons. The number of rotatable bonds is 3. The molecule has 1 aliphatic carbocycles. The summed E-state index contributed by atoms with van der Waals surface area (Å²) in [5.41, 5.74) is 2.05. The highest BCUT2D eigenvalue weighted by Gasteiger charge is 2.62. The van der Waals surface area contributed by atoms with Crippen LogP contribution in [-0.4, -0.2) is 58.0 Å². The van der Waals surface area contributed by atoms with E-state index in [2.05, 4.69) is 5.32 Å². The second-order valence-electron chi connectivity index (χ2n) is 7.65. The first-order valence-corrected chi connectivity index (χ1v) is 9.25. The van der Waals surface area contributed by atoms with Crippen LogP contribution in [-0.2, 0) is 9.53 Å². The molecule has 0 bridgehead atoms. The minimum absolute atomic E-state index is 0.176. The van der Waals surface area contributed by atoms with Gasteiger partial charge in [-0.3, -0.25) is 10.5 Å². The van der Waals surface area contributed by atoms with Gasteiger partial charge in [-0.15, -0.1) is 0 Å². The van der Waals surface area contributed by atoms with E-state index in [0.717, 1.165) is 5.56 Å². The number of hydrogen-bond donors (Lipinski definition) is 5. The van der Waals surface area contributed by atoms with Gasteiger partial charge in [0.2, 0.25) is 5.72 Å². The van der Waals surface area contributed by atoms with Gasteiger partial charge in [-0.25, -0.2) is 4.79 Å². The van der Waals surface area contributed by atoms with Crippen LogP contribution in [0.2, 0.25) is 0 Å². The third-order valence-corrected chi connectivity index (χ3v) is 5.59. The number of benzene rings is 1. The van der Waals surface area contributed by atoms with Crippen LogP contribution >= 0.6 is 0 Å². The van der Waals surface area contributed by atoms with Gasteiger partial charge in [0.1, 0.15) is 29.6 Å². The van der Waals surface area contributed by atoms with Crippen LogP contribution < -0.4 is 21.4 Å². The maximum Gasteiger partial charge on any atom is 0.360 e. The quantitative estimate of drug-likeness (QED) is 0.327. The average molecular weight is 418 g/mol. The van der Waals surface area contributed by atoms with Crippen LogP contribution in [0.5, 0.6) is 5.75 Å². The summed E-state index contributed by atoms with van der Waals surface area (Å²) >= 11 is 0. The molecule has 1 amide bonds. The van der Waals surface area contributed by atoms with Crippen molar-refractivity contribution in [2.75, 3.05) is 12.4 Å². The normalized spacial score (nSPS) is 32.8. The van der Waals surface area contributed by atoms with Crippen molar-refractivity contribution in [1.82, 2.24) is 0 Å². The van der Waals surface area contributed by atoms with Gasteiger partial charge in [-0.1, -0.05) is 24.3 Å². The lowest BCUT2D eigenvalue weighted by atomic mass is 9.80. The summed E-state index contributed by atoms with van der Waals surface area (Å²) in [4.78, 5) is 25.3. The van der Waals surface area contributed by atoms with Crippen LogP contribution in [0.3, 0.4) is 0 Å². The van der Waals surface area contributed by atoms with Crippen molar-refractivity contribution in [2.45, 2.75) is 43.0 Å². The van der Waals surface area contributed by atoms with E-state index in [-0.39, 0.29) is 11.3 Å². The predicted molar refractivity (Wildman–Crippen MR) is 105 cm³/mol. The first-order chi connectivity index (χ1) is 14.1. The molecule has 0 spiro atoms. The Morgan fingerprint density at radius 2 is 2.07 bits per heavy atom. The Labute approximate surface area is 170 Å². The molecule has 6 N–H and O–H groups in total. The molecule has 4 rings (SSSR count). The Morgan fingerprint density at radius 1 is 1.33 bits per heavy atom. The van der Waals surface area contributed by atoms with E-state index >= 15 is 0 Å². The lowest BCUT2D eigenvalue weighted by molar-refractivity contribution is -0.146. The smallest absolute Gasteiger partial charge is 0.360 e. The summed E-state index contributed by atoms with van der Waals surface area (Å²) in [6.07, 6.45) is -1.94. The van der Waals surface area contributed by atoms with Crippen LogP contribution in [0.15, 0.2) is 39.6 Å². The number of carbonyl (C=O) groups is 1. The zero-order valence-corrected chi connectivity index (χ0v) is 16.3. The van der Waals surface area contributed by atoms with E-state index in [1.165, 1.54) is 25.3 Å². The number of aryl methyl sites for hydroxylation is 1. The molecule has 1 aromatic carbocycles. The number of nitrogens with two attached hydrogens (primary N) is 1. The predicted octanol–water partition coefficient (Wildman–Crippen LogP) is -0.485. The number of methoxy groups -OCH3 is 1. The van der Waals surface area contributed by atoms with Crippen molar-refractivity contribution >= 4 is 22.6 Å². The highest BCUT2D eigenvalue weighted by molar-refractivity contribution is 5.98. The minimum Gasteiger partial charge on any atom is -0.493 e. The number of anilines is 1. The molecule has 30 heavy (non-hydrogen) atoms. The number of aliphatic hydroxyl groups excluding tert-OH is 2. The zero-order chi connectivity index (χ0) is 21.8. The van der Waals surface area contributed by atoms with Gasteiger partial charge in [0.15, 0.2) is 11.3 Å². The molecule has 2 aromatic rings. The van der Waals surface area contributed by atoms with Gasteiger partial charge in [0.05, 0.1) is 7.11 Å². The summed E-state index contributed by atoms with van der Waals surface area (Å²) in [5, 5.41) is 33.6. The monoisotopic (exact) mass is 418 g/mol. The molecular weight excluding hydrogens is 396 g/mol. The Hall–Kier alpha value is -2.76. The SMILES string of the molecule is COc1c(C)ccc2cc(NC(=O)C3(N)C[C@]4(O)[C@@H](C=C[C@@H](O)[C@@H]4O)O3)c(=O)oc12. The Balaban J connectivity index is 1.64. The summed E-state index contributed by atoms with van der Waals surface area (Å²) in [5.74, 6) is -0.506. The molecule has 0 saturated carbocycles. The Kier molecular flexibility index (Phi) is 4.71. The van der Waals surface area contributed by atoms with E-state index in [0.29, 0.717) is 11.1 Å². The molecule has 10 heteroatoms. The third kappa shape index (κ3) is 3.01. The lowest BCUT2D eigenvalue weighted by Gasteiger charge is -2.36.